The van der Waals surface area contributed by atoms with Crippen molar-refractivity contribution < 1.29 is 44.5 Å². The minimum atomic E-state index is -1.42. The molecule has 2 spiro atoms. The molecule has 23 atom stereocenters. The van der Waals surface area contributed by atoms with Crippen molar-refractivity contribution in [1.82, 2.24) is 9.97 Å². The Bertz CT molecular complexity index is 2250. The number of hydrogen-bond acceptors (Lipinski definition) is 11. The van der Waals surface area contributed by atoms with Crippen molar-refractivity contribution in [1.29, 1.82) is 0 Å². The monoisotopic (exact) mass is 899 g/mol. The van der Waals surface area contributed by atoms with Crippen LogP contribution in [0.4, 0.5) is 0 Å². The van der Waals surface area contributed by atoms with Gasteiger partial charge in [-0.2, -0.15) is 0 Å². The lowest BCUT2D eigenvalue weighted by Gasteiger charge is -2.62. The number of aromatic nitrogens is 2. The lowest BCUT2D eigenvalue weighted by Crippen LogP contribution is -2.66. The van der Waals surface area contributed by atoms with Crippen molar-refractivity contribution >= 4 is 0 Å². The molecule has 5 N–H and O–H groups in total. The molecule has 9 fully saturated rings. The van der Waals surface area contributed by atoms with Crippen LogP contribution in [0.15, 0.2) is 11.6 Å². The van der Waals surface area contributed by atoms with Crippen LogP contribution in [0.1, 0.15) is 149 Å². The maximum Gasteiger partial charge on any atom is 0.175 e. The van der Waals surface area contributed by atoms with Gasteiger partial charge in [-0.15, -0.1) is 0 Å². The van der Waals surface area contributed by atoms with Crippen molar-refractivity contribution in [2.75, 3.05) is 6.61 Å². The summed E-state index contributed by atoms with van der Waals surface area (Å²) < 4.78 is 27.0. The van der Waals surface area contributed by atoms with Crippen LogP contribution in [-0.4, -0.2) is 101 Å². The minimum Gasteiger partial charge on any atom is -0.393 e. The molecule has 358 valence electrons. The maximum atomic E-state index is 12.9. The van der Waals surface area contributed by atoms with E-state index in [4.69, 9.17) is 28.9 Å². The molecular weight excluding hydrogens is 821 g/mol. The van der Waals surface area contributed by atoms with Gasteiger partial charge in [0.05, 0.1) is 65.0 Å². The van der Waals surface area contributed by atoms with E-state index in [0.717, 1.165) is 74.0 Å². The first-order valence-corrected chi connectivity index (χ1v) is 26.2. The third kappa shape index (κ3) is 5.11. The Kier molecular flexibility index (Phi) is 8.73. The first-order valence-electron chi connectivity index (χ1n) is 26.2. The van der Waals surface area contributed by atoms with E-state index in [-0.39, 0.29) is 64.3 Å². The van der Waals surface area contributed by atoms with Crippen molar-refractivity contribution in [2.45, 2.75) is 211 Å². The molecule has 4 aliphatic heterocycles. The molecule has 13 rings (SSSR count). The third-order valence-corrected chi connectivity index (χ3v) is 23.8. The summed E-state index contributed by atoms with van der Waals surface area (Å²) in [7, 11) is 0. The summed E-state index contributed by atoms with van der Waals surface area (Å²) in [5, 5.41) is 60.4. The largest absolute Gasteiger partial charge is 0.393 e. The number of hydrogen-bond donors (Lipinski definition) is 5. The van der Waals surface area contributed by atoms with Crippen molar-refractivity contribution in [3.05, 3.63) is 34.4 Å². The molecule has 5 heterocycles. The second-order valence-electron chi connectivity index (χ2n) is 26.7. The van der Waals surface area contributed by atoms with E-state index in [1.54, 1.807) is 0 Å². The molecule has 0 radical (unpaired) electrons. The number of ether oxygens (including phenoxy) is 4. The van der Waals surface area contributed by atoms with E-state index in [0.29, 0.717) is 55.3 Å². The predicted molar refractivity (Wildman–Crippen MR) is 240 cm³/mol. The summed E-state index contributed by atoms with van der Waals surface area (Å²) in [6, 6.07) is 0. The number of aliphatic hydroxyl groups is 5. The van der Waals surface area contributed by atoms with Crippen molar-refractivity contribution in [3.63, 3.8) is 0 Å². The maximum absolute atomic E-state index is 12.9. The summed E-state index contributed by atoms with van der Waals surface area (Å²) in [6.07, 6.45) is 11.5. The van der Waals surface area contributed by atoms with Gasteiger partial charge in [0.2, 0.25) is 0 Å². The average molecular weight is 899 g/mol. The predicted octanol–water partition coefficient (Wildman–Crippen LogP) is 6.40. The molecule has 0 bridgehead atoms. The molecule has 0 amide bonds. The summed E-state index contributed by atoms with van der Waals surface area (Å²) >= 11 is 0. The van der Waals surface area contributed by atoms with Gasteiger partial charge >= 0.3 is 0 Å². The van der Waals surface area contributed by atoms with Gasteiger partial charge < -0.3 is 44.5 Å². The zero-order chi connectivity index (χ0) is 45.6. The van der Waals surface area contributed by atoms with Crippen LogP contribution in [0.3, 0.4) is 0 Å². The van der Waals surface area contributed by atoms with Gasteiger partial charge in [0.25, 0.3) is 0 Å². The summed E-state index contributed by atoms with van der Waals surface area (Å²) in [5.74, 6) is 0.418. The number of aliphatic hydroxyl groups excluding tert-OH is 4. The van der Waals surface area contributed by atoms with Crippen molar-refractivity contribution in [2.24, 2.45) is 80.8 Å². The summed E-state index contributed by atoms with van der Waals surface area (Å²) in [4.78, 5) is 11.2. The molecule has 11 nitrogen and oxygen atoms in total. The molecule has 4 saturated heterocycles. The summed E-state index contributed by atoms with van der Waals surface area (Å²) in [6.45, 7) is 19.8. The Balaban J connectivity index is 0.769. The lowest BCUT2D eigenvalue weighted by atomic mass is 9.43. The van der Waals surface area contributed by atoms with E-state index in [9.17, 15) is 25.5 Å². The van der Waals surface area contributed by atoms with Crippen LogP contribution in [0.5, 0.6) is 0 Å². The Labute approximate surface area is 386 Å². The Morgan fingerprint density at radius 2 is 1.35 bits per heavy atom. The van der Waals surface area contributed by atoms with Crippen LogP contribution in [0.25, 0.3) is 0 Å². The van der Waals surface area contributed by atoms with Crippen LogP contribution < -0.4 is 0 Å². The van der Waals surface area contributed by atoms with Gasteiger partial charge in [0, 0.05) is 47.3 Å². The van der Waals surface area contributed by atoms with Crippen molar-refractivity contribution in [3.8, 4) is 0 Å². The van der Waals surface area contributed by atoms with Gasteiger partial charge in [0.1, 0.15) is 11.7 Å². The Hall–Kier alpha value is -1.54. The molecule has 12 aliphatic rings. The number of fused-ring (bicyclic) bond motifs is 16. The van der Waals surface area contributed by atoms with Crippen LogP contribution in [0, 0.1) is 80.8 Å². The fourth-order valence-corrected chi connectivity index (χ4v) is 20.0. The highest BCUT2D eigenvalue weighted by Gasteiger charge is 2.78. The molecule has 65 heavy (non-hydrogen) atoms. The van der Waals surface area contributed by atoms with Crippen LogP contribution in [0.2, 0.25) is 0 Å². The van der Waals surface area contributed by atoms with E-state index >= 15 is 0 Å². The van der Waals surface area contributed by atoms with Gasteiger partial charge in [-0.05, 0) is 144 Å². The fourth-order valence-electron chi connectivity index (χ4n) is 20.0. The SMILES string of the molecule is C[C@@H]1[C@@]2(CC[C@@](C)(CO)O2)O[C@H]2C=C3[C@@H]4[C@@H](O)C[C@H]5Cc6nc7c(nc6C[C@]5(C)[C@H]4C[C@@H](O)[C@]3(C)[C@]21O)C[C@@H]1CC[C@H]2[C@H]3C[C@@H]4O[C@]5(CCC(C)(C)O5)[C@@H](C)[C@@H]4[C@@]3(C)[C@H](O)C[C@@H]2[C@@]1(C)C7. The minimum absolute atomic E-state index is 0.00257. The van der Waals surface area contributed by atoms with Gasteiger partial charge in [-0.25, -0.2) is 0 Å². The number of nitrogens with zero attached hydrogens (tertiary/aromatic N) is 2. The highest BCUT2D eigenvalue weighted by atomic mass is 16.7. The lowest BCUT2D eigenvalue weighted by molar-refractivity contribution is -0.257. The van der Waals surface area contributed by atoms with E-state index in [1.807, 2.05) is 26.8 Å². The second kappa shape index (κ2) is 13.0. The molecule has 11 heteroatoms. The van der Waals surface area contributed by atoms with Gasteiger partial charge in [-0.3, -0.25) is 9.97 Å². The zero-order valence-electron chi connectivity index (χ0n) is 40.6. The fraction of sp³-hybridized carbons (Fsp3) is 0.889. The summed E-state index contributed by atoms with van der Waals surface area (Å²) in [5.41, 5.74) is 1.72. The standard InChI is InChI=1S/C54H78N2O9/c1-26-45-40(62-52(26)14-12-46(3,4)64-52)19-32-30-11-10-28-16-35-37(23-48(28,6)31(30)20-41(59)50(32,45)8)56-36-17-29-18-39(58)44-33(49(29,7)24-38(36)55-35)21-42(60)51(9)34(44)22-43-54(51,61)27(2)53(63-43)15-13-47(5,25-57)65-53/h22,26-33,39-45,57-61H,10-21,23-25H2,1-9H3/t26-,27+,28-,29+,30+,31-,32+,33-,39-,40-,41+,42+,43-,44+,45-,47-,48-,49-,50+,51+,52-,53-,54+/m0/s1. The Morgan fingerprint density at radius 3 is 2.02 bits per heavy atom. The van der Waals surface area contributed by atoms with Gasteiger partial charge in [0.15, 0.2) is 11.6 Å². The molecule has 8 aliphatic carbocycles. The molecule has 1 aromatic rings. The highest BCUT2D eigenvalue weighted by molar-refractivity contribution is 5.43. The number of rotatable bonds is 1. The average Bonchev–Trinajstić information content (AvgIpc) is 4.02. The molecule has 5 saturated carbocycles. The van der Waals surface area contributed by atoms with E-state index in [1.165, 1.54) is 18.5 Å². The third-order valence-electron chi connectivity index (χ3n) is 23.8. The van der Waals surface area contributed by atoms with E-state index in [2.05, 4.69) is 41.5 Å². The van der Waals surface area contributed by atoms with Crippen LogP contribution >= 0.6 is 0 Å². The smallest absolute Gasteiger partial charge is 0.175 e. The Morgan fingerprint density at radius 1 is 0.692 bits per heavy atom. The first-order chi connectivity index (χ1) is 30.5. The second-order valence-corrected chi connectivity index (χ2v) is 26.7. The normalized spacial score (nSPS) is 59.7. The van der Waals surface area contributed by atoms with Gasteiger partial charge in [-0.1, -0.05) is 53.2 Å². The first kappa shape index (κ1) is 43.5. The van der Waals surface area contributed by atoms with Crippen LogP contribution in [-0.2, 0) is 44.6 Å². The molecule has 1 aromatic heterocycles. The highest BCUT2D eigenvalue weighted by Crippen LogP contribution is 2.73. The quantitative estimate of drug-likeness (QED) is 0.198. The molecular formula is C54H78N2O9. The molecule has 0 aromatic carbocycles. The van der Waals surface area contributed by atoms with E-state index < -0.39 is 52.4 Å². The zero-order valence-corrected chi connectivity index (χ0v) is 40.6. The molecule has 0 unspecified atom stereocenters. The topological polar surface area (TPSA) is 164 Å².